The van der Waals surface area contributed by atoms with Crippen LogP contribution in [0.25, 0.3) is 10.9 Å². The summed E-state index contributed by atoms with van der Waals surface area (Å²) in [5.41, 5.74) is 1.89. The number of aryl methyl sites for hydroxylation is 1. The van der Waals surface area contributed by atoms with Crippen molar-refractivity contribution in [3.8, 4) is 0 Å². The molecular formula is C15H14N4O2. The number of nitrogens with zero attached hydrogens (tertiary/aromatic N) is 3. The molecule has 0 aliphatic rings. The Bertz CT molecular complexity index is 810. The van der Waals surface area contributed by atoms with E-state index in [0.29, 0.717) is 12.4 Å². The van der Waals surface area contributed by atoms with E-state index in [2.05, 4.69) is 15.4 Å². The van der Waals surface area contributed by atoms with Crippen LogP contribution in [0.4, 0.5) is 5.82 Å². The van der Waals surface area contributed by atoms with Gasteiger partial charge in [-0.05, 0) is 12.1 Å². The second-order valence-electron chi connectivity index (χ2n) is 4.76. The van der Waals surface area contributed by atoms with Crippen LogP contribution in [-0.4, -0.2) is 25.8 Å². The summed E-state index contributed by atoms with van der Waals surface area (Å²) in [5.74, 6) is -0.632. The summed E-state index contributed by atoms with van der Waals surface area (Å²) in [6, 6.07) is 9.07. The monoisotopic (exact) mass is 282 g/mol. The fourth-order valence-electron chi connectivity index (χ4n) is 2.16. The van der Waals surface area contributed by atoms with Gasteiger partial charge in [0.2, 0.25) is 0 Å². The second-order valence-corrected chi connectivity index (χ2v) is 4.76. The average molecular weight is 282 g/mol. The number of nitrogens with one attached hydrogen (secondary N) is 1. The van der Waals surface area contributed by atoms with E-state index in [1.54, 1.807) is 16.9 Å². The van der Waals surface area contributed by atoms with Gasteiger partial charge in [0.25, 0.3) is 0 Å². The Balaban J connectivity index is 1.95. The molecule has 2 N–H and O–H groups in total. The van der Waals surface area contributed by atoms with Gasteiger partial charge in [0, 0.05) is 30.7 Å². The lowest BCUT2D eigenvalue weighted by atomic mass is 10.1. The number of carbonyl (C=O) groups is 1. The minimum Gasteiger partial charge on any atom is -0.478 e. The molecule has 3 rings (SSSR count). The second kappa shape index (κ2) is 5.24. The van der Waals surface area contributed by atoms with Crippen LogP contribution in [0.5, 0.6) is 0 Å². The first-order valence-corrected chi connectivity index (χ1v) is 6.48. The highest BCUT2D eigenvalue weighted by molar-refractivity contribution is 5.98. The van der Waals surface area contributed by atoms with Crippen LogP contribution < -0.4 is 5.32 Å². The molecule has 3 aromatic rings. The molecule has 1 aromatic carbocycles. The number of aromatic carboxylic acids is 1. The van der Waals surface area contributed by atoms with Gasteiger partial charge in [-0.2, -0.15) is 5.10 Å². The van der Waals surface area contributed by atoms with Crippen LogP contribution in [0, 0.1) is 0 Å². The zero-order valence-electron chi connectivity index (χ0n) is 11.4. The smallest absolute Gasteiger partial charge is 0.339 e. The molecule has 0 spiro atoms. The molecular weight excluding hydrogens is 268 g/mol. The Morgan fingerprint density at radius 1 is 1.38 bits per heavy atom. The van der Waals surface area contributed by atoms with Crippen LogP contribution >= 0.6 is 0 Å². The van der Waals surface area contributed by atoms with E-state index in [1.807, 2.05) is 37.5 Å². The predicted molar refractivity (Wildman–Crippen MR) is 79.2 cm³/mol. The number of benzene rings is 1. The van der Waals surface area contributed by atoms with Crippen LogP contribution in [0.1, 0.15) is 15.9 Å². The number of rotatable bonds is 4. The number of anilines is 1. The highest BCUT2D eigenvalue weighted by atomic mass is 16.4. The molecule has 2 aromatic heterocycles. The third-order valence-electron chi connectivity index (χ3n) is 3.17. The maximum absolute atomic E-state index is 11.4. The lowest BCUT2D eigenvalue weighted by Crippen LogP contribution is -2.08. The number of hydrogen-bond donors (Lipinski definition) is 2. The molecule has 0 saturated carbocycles. The molecule has 0 amide bonds. The molecule has 0 fully saturated rings. The molecule has 0 saturated heterocycles. The van der Waals surface area contributed by atoms with Crippen molar-refractivity contribution in [2.45, 2.75) is 6.54 Å². The lowest BCUT2D eigenvalue weighted by Gasteiger charge is -2.09. The molecule has 21 heavy (non-hydrogen) atoms. The van der Waals surface area contributed by atoms with E-state index in [9.17, 15) is 9.90 Å². The van der Waals surface area contributed by atoms with Crippen molar-refractivity contribution in [2.75, 3.05) is 5.32 Å². The summed E-state index contributed by atoms with van der Waals surface area (Å²) in [6.07, 6.45) is 3.60. The number of para-hydroxylation sites is 1. The topological polar surface area (TPSA) is 80.0 Å². The standard InChI is InChI=1S/C15H14N4O2/c1-19-9-10(8-17-19)7-16-14-12(15(20)21)6-11-4-2-3-5-13(11)18-14/h2-6,8-9H,7H2,1H3,(H,16,18)(H,20,21). The third-order valence-corrected chi connectivity index (χ3v) is 3.17. The molecule has 0 unspecified atom stereocenters. The Hall–Kier alpha value is -2.89. The largest absolute Gasteiger partial charge is 0.478 e. The van der Waals surface area contributed by atoms with E-state index in [4.69, 9.17) is 0 Å². The van der Waals surface area contributed by atoms with Gasteiger partial charge < -0.3 is 10.4 Å². The van der Waals surface area contributed by atoms with Crippen molar-refractivity contribution in [3.63, 3.8) is 0 Å². The molecule has 0 aliphatic heterocycles. The van der Waals surface area contributed by atoms with E-state index in [1.165, 1.54) is 0 Å². The first kappa shape index (κ1) is 13.1. The van der Waals surface area contributed by atoms with Gasteiger partial charge in [-0.1, -0.05) is 18.2 Å². The molecule has 2 heterocycles. The summed E-state index contributed by atoms with van der Waals surface area (Å²) in [6.45, 7) is 0.472. The number of fused-ring (bicyclic) bond motifs is 1. The van der Waals surface area contributed by atoms with Gasteiger partial charge in [0.1, 0.15) is 11.4 Å². The van der Waals surface area contributed by atoms with Gasteiger partial charge in [-0.3, -0.25) is 4.68 Å². The molecule has 6 heteroatoms. The van der Waals surface area contributed by atoms with Crippen LogP contribution in [-0.2, 0) is 13.6 Å². The van der Waals surface area contributed by atoms with Gasteiger partial charge in [0.05, 0.1) is 11.7 Å². The Morgan fingerprint density at radius 3 is 2.90 bits per heavy atom. The van der Waals surface area contributed by atoms with Crippen molar-refractivity contribution in [1.29, 1.82) is 0 Å². The van der Waals surface area contributed by atoms with Crippen molar-refractivity contribution in [1.82, 2.24) is 14.8 Å². The normalized spacial score (nSPS) is 10.7. The molecule has 0 aliphatic carbocycles. The van der Waals surface area contributed by atoms with Crippen LogP contribution in [0.3, 0.4) is 0 Å². The number of hydrogen-bond acceptors (Lipinski definition) is 4. The van der Waals surface area contributed by atoms with E-state index in [-0.39, 0.29) is 5.56 Å². The number of carboxylic acid groups (broad SMARTS) is 1. The molecule has 6 nitrogen and oxygen atoms in total. The molecule has 0 atom stereocenters. The summed E-state index contributed by atoms with van der Waals surface area (Å²) < 4.78 is 1.70. The zero-order valence-corrected chi connectivity index (χ0v) is 11.4. The zero-order chi connectivity index (χ0) is 14.8. The number of aromatic nitrogens is 3. The lowest BCUT2D eigenvalue weighted by molar-refractivity contribution is 0.0697. The van der Waals surface area contributed by atoms with Gasteiger partial charge in [0.15, 0.2) is 0 Å². The average Bonchev–Trinajstić information content (AvgIpc) is 2.89. The third kappa shape index (κ3) is 2.69. The summed E-state index contributed by atoms with van der Waals surface area (Å²) in [4.78, 5) is 15.8. The maximum atomic E-state index is 11.4. The Labute approximate surface area is 121 Å². The fourth-order valence-corrected chi connectivity index (χ4v) is 2.16. The Morgan fingerprint density at radius 2 is 2.19 bits per heavy atom. The highest BCUT2D eigenvalue weighted by Gasteiger charge is 2.13. The summed E-state index contributed by atoms with van der Waals surface area (Å²) in [7, 11) is 1.83. The molecule has 0 radical (unpaired) electrons. The summed E-state index contributed by atoms with van der Waals surface area (Å²) >= 11 is 0. The van der Waals surface area contributed by atoms with Crippen molar-refractivity contribution < 1.29 is 9.90 Å². The first-order valence-electron chi connectivity index (χ1n) is 6.48. The Kier molecular flexibility index (Phi) is 3.27. The quantitative estimate of drug-likeness (QED) is 0.767. The first-order chi connectivity index (χ1) is 10.1. The molecule has 106 valence electrons. The number of pyridine rings is 1. The fraction of sp³-hybridized carbons (Fsp3) is 0.133. The van der Waals surface area contributed by atoms with Crippen molar-refractivity contribution >= 4 is 22.7 Å². The van der Waals surface area contributed by atoms with Gasteiger partial charge in [-0.25, -0.2) is 9.78 Å². The van der Waals surface area contributed by atoms with E-state index >= 15 is 0 Å². The van der Waals surface area contributed by atoms with Crippen molar-refractivity contribution in [2.24, 2.45) is 7.05 Å². The SMILES string of the molecule is Cn1cc(CNc2nc3ccccc3cc2C(=O)O)cn1. The van der Waals surface area contributed by atoms with E-state index in [0.717, 1.165) is 16.5 Å². The minimum atomic E-state index is -0.998. The molecule has 0 bridgehead atoms. The number of carboxylic acids is 1. The maximum Gasteiger partial charge on any atom is 0.339 e. The predicted octanol–water partition coefficient (Wildman–Crippen LogP) is 2.28. The van der Waals surface area contributed by atoms with Crippen molar-refractivity contribution in [3.05, 3.63) is 53.9 Å². The van der Waals surface area contributed by atoms with E-state index < -0.39 is 5.97 Å². The minimum absolute atomic E-state index is 0.164. The van der Waals surface area contributed by atoms with Gasteiger partial charge in [-0.15, -0.1) is 0 Å². The summed E-state index contributed by atoms with van der Waals surface area (Å²) in [5, 5.41) is 17.3. The van der Waals surface area contributed by atoms with Gasteiger partial charge >= 0.3 is 5.97 Å². The van der Waals surface area contributed by atoms with Crippen LogP contribution in [0.15, 0.2) is 42.7 Å². The van der Waals surface area contributed by atoms with Crippen LogP contribution in [0.2, 0.25) is 0 Å². The highest BCUT2D eigenvalue weighted by Crippen LogP contribution is 2.21.